The second-order valence-corrected chi connectivity index (χ2v) is 4.39. The molecule has 3 rings (SSSR count). The summed E-state index contributed by atoms with van der Waals surface area (Å²) < 4.78 is 0. The molecule has 0 radical (unpaired) electrons. The molecule has 21 heavy (non-hydrogen) atoms. The fourth-order valence-corrected chi connectivity index (χ4v) is 1.82. The quantitative estimate of drug-likeness (QED) is 0.680. The smallest absolute Gasteiger partial charge is 0.215 e. The fourth-order valence-electron chi connectivity index (χ4n) is 1.82. The largest absolute Gasteiger partial charge is 0.287 e. The molecule has 0 aliphatic carbocycles. The number of hydrogen-bond acceptors (Lipinski definition) is 5. The van der Waals surface area contributed by atoms with Gasteiger partial charge >= 0.3 is 0 Å². The average molecular weight is 275 g/mol. The van der Waals surface area contributed by atoms with Crippen molar-refractivity contribution in [1.29, 1.82) is 0 Å². The standard InChI is InChI=1S/C16H13N5/c1-3-7-13(8-4-1)11-18-20-16-17-12-15(19-21-16)14-9-5-2-6-10-14/h1-10,12H,11H2. The van der Waals surface area contributed by atoms with Crippen molar-refractivity contribution in [2.24, 2.45) is 10.2 Å². The van der Waals surface area contributed by atoms with Crippen LogP contribution in [0.4, 0.5) is 5.95 Å². The molecule has 0 atom stereocenters. The average Bonchev–Trinajstić information content (AvgIpc) is 2.57. The Morgan fingerprint density at radius 1 is 0.810 bits per heavy atom. The summed E-state index contributed by atoms with van der Waals surface area (Å²) in [6.45, 7) is 0.505. The first kappa shape index (κ1) is 13.1. The molecule has 2 aromatic carbocycles. The van der Waals surface area contributed by atoms with Crippen LogP contribution in [0, 0.1) is 0 Å². The zero-order valence-electron chi connectivity index (χ0n) is 11.3. The zero-order valence-corrected chi connectivity index (χ0v) is 11.3. The maximum absolute atomic E-state index is 4.15. The van der Waals surface area contributed by atoms with Crippen LogP contribution in [0.25, 0.3) is 11.3 Å². The molecule has 0 bridgehead atoms. The molecule has 0 saturated heterocycles. The van der Waals surface area contributed by atoms with Gasteiger partial charge in [-0.05, 0) is 5.56 Å². The van der Waals surface area contributed by atoms with Gasteiger partial charge in [0.2, 0.25) is 0 Å². The molecule has 0 fully saturated rings. The van der Waals surface area contributed by atoms with Crippen molar-refractivity contribution < 1.29 is 0 Å². The highest BCUT2D eigenvalue weighted by Crippen LogP contribution is 2.15. The summed E-state index contributed by atoms with van der Waals surface area (Å²) in [5.41, 5.74) is 2.79. The Bertz CT molecular complexity index is 709. The molecule has 0 spiro atoms. The summed E-state index contributed by atoms with van der Waals surface area (Å²) in [6.07, 6.45) is 1.65. The van der Waals surface area contributed by atoms with E-state index in [9.17, 15) is 0 Å². The van der Waals surface area contributed by atoms with Crippen LogP contribution in [0.15, 0.2) is 77.1 Å². The summed E-state index contributed by atoms with van der Waals surface area (Å²) in [5.74, 6) is 0.269. The number of benzene rings is 2. The summed E-state index contributed by atoms with van der Waals surface area (Å²) in [4.78, 5) is 4.15. The molecule has 5 heteroatoms. The van der Waals surface area contributed by atoms with Crippen LogP contribution in [0.2, 0.25) is 0 Å². The molecule has 0 aliphatic rings. The van der Waals surface area contributed by atoms with Crippen LogP contribution in [-0.4, -0.2) is 15.2 Å². The molecule has 0 N–H and O–H groups in total. The van der Waals surface area contributed by atoms with E-state index in [0.29, 0.717) is 6.54 Å². The van der Waals surface area contributed by atoms with Crippen molar-refractivity contribution in [3.05, 3.63) is 72.4 Å². The lowest BCUT2D eigenvalue weighted by molar-refractivity contribution is 0.889. The van der Waals surface area contributed by atoms with Crippen LogP contribution < -0.4 is 0 Å². The summed E-state index contributed by atoms with van der Waals surface area (Å²) >= 11 is 0. The predicted octanol–water partition coefficient (Wildman–Crippen LogP) is 3.82. The van der Waals surface area contributed by atoms with E-state index in [1.54, 1.807) is 6.20 Å². The molecule has 3 aromatic rings. The van der Waals surface area contributed by atoms with Gasteiger partial charge in [0.05, 0.1) is 12.7 Å². The first-order valence-corrected chi connectivity index (χ1v) is 6.58. The molecule has 1 aromatic heterocycles. The van der Waals surface area contributed by atoms with Crippen molar-refractivity contribution in [1.82, 2.24) is 15.2 Å². The van der Waals surface area contributed by atoms with Gasteiger partial charge in [0, 0.05) is 5.56 Å². The Morgan fingerprint density at radius 3 is 2.19 bits per heavy atom. The Hall–Kier alpha value is -2.95. The maximum atomic E-state index is 4.15. The maximum Gasteiger partial charge on any atom is 0.287 e. The van der Waals surface area contributed by atoms with Crippen LogP contribution in [0.5, 0.6) is 0 Å². The summed E-state index contributed by atoms with van der Waals surface area (Å²) in [6, 6.07) is 19.7. The second-order valence-electron chi connectivity index (χ2n) is 4.39. The molecule has 0 aliphatic heterocycles. The predicted molar refractivity (Wildman–Crippen MR) is 79.9 cm³/mol. The normalized spacial score (nSPS) is 10.9. The highest BCUT2D eigenvalue weighted by Gasteiger charge is 2.00. The van der Waals surface area contributed by atoms with E-state index < -0.39 is 0 Å². The number of azo groups is 1. The van der Waals surface area contributed by atoms with Gasteiger partial charge in [-0.2, -0.15) is 5.11 Å². The molecule has 0 saturated carbocycles. The molecule has 5 nitrogen and oxygen atoms in total. The Kier molecular flexibility index (Phi) is 4.02. The van der Waals surface area contributed by atoms with Crippen molar-refractivity contribution >= 4 is 5.95 Å². The van der Waals surface area contributed by atoms with Gasteiger partial charge in [-0.1, -0.05) is 60.7 Å². The minimum Gasteiger partial charge on any atom is -0.215 e. The van der Waals surface area contributed by atoms with Gasteiger partial charge in [0.25, 0.3) is 5.95 Å². The van der Waals surface area contributed by atoms with Gasteiger partial charge in [-0.3, -0.25) is 0 Å². The third-order valence-electron chi connectivity index (χ3n) is 2.88. The topological polar surface area (TPSA) is 63.4 Å². The van der Waals surface area contributed by atoms with Gasteiger partial charge in [0.15, 0.2) is 0 Å². The van der Waals surface area contributed by atoms with Gasteiger partial charge < -0.3 is 0 Å². The Labute approximate surface area is 122 Å². The van der Waals surface area contributed by atoms with E-state index in [4.69, 9.17) is 0 Å². The van der Waals surface area contributed by atoms with Gasteiger partial charge in [-0.15, -0.1) is 15.3 Å². The van der Waals surface area contributed by atoms with Crippen LogP contribution >= 0.6 is 0 Å². The van der Waals surface area contributed by atoms with E-state index in [1.807, 2.05) is 60.7 Å². The van der Waals surface area contributed by atoms with E-state index in [1.165, 1.54) is 0 Å². The molecular formula is C16H13N5. The lowest BCUT2D eigenvalue weighted by atomic mass is 10.2. The highest BCUT2D eigenvalue weighted by molar-refractivity contribution is 5.57. The first-order chi connectivity index (χ1) is 10.4. The monoisotopic (exact) mass is 275 g/mol. The number of rotatable bonds is 4. The van der Waals surface area contributed by atoms with E-state index in [-0.39, 0.29) is 5.95 Å². The fraction of sp³-hybridized carbons (Fsp3) is 0.0625. The number of nitrogens with zero attached hydrogens (tertiary/aromatic N) is 5. The number of hydrogen-bond donors (Lipinski definition) is 0. The van der Waals surface area contributed by atoms with E-state index in [2.05, 4.69) is 25.4 Å². The lowest BCUT2D eigenvalue weighted by Gasteiger charge is -1.98. The third-order valence-corrected chi connectivity index (χ3v) is 2.88. The molecule has 102 valence electrons. The minimum absolute atomic E-state index is 0.269. The Balaban J connectivity index is 1.67. The molecular weight excluding hydrogens is 262 g/mol. The van der Waals surface area contributed by atoms with Crippen molar-refractivity contribution in [3.8, 4) is 11.3 Å². The van der Waals surface area contributed by atoms with Crippen LogP contribution in [-0.2, 0) is 6.54 Å². The molecule has 1 heterocycles. The zero-order chi connectivity index (χ0) is 14.3. The summed E-state index contributed by atoms with van der Waals surface area (Å²) in [5, 5.41) is 16.1. The van der Waals surface area contributed by atoms with Crippen molar-refractivity contribution in [3.63, 3.8) is 0 Å². The van der Waals surface area contributed by atoms with Crippen LogP contribution in [0.1, 0.15) is 5.56 Å². The minimum atomic E-state index is 0.269. The number of aromatic nitrogens is 3. The first-order valence-electron chi connectivity index (χ1n) is 6.58. The Morgan fingerprint density at radius 2 is 1.52 bits per heavy atom. The lowest BCUT2D eigenvalue weighted by Crippen LogP contribution is -1.89. The van der Waals surface area contributed by atoms with Crippen molar-refractivity contribution in [2.75, 3.05) is 0 Å². The summed E-state index contributed by atoms with van der Waals surface area (Å²) in [7, 11) is 0. The van der Waals surface area contributed by atoms with Crippen LogP contribution in [0.3, 0.4) is 0 Å². The SMILES string of the molecule is c1ccc(CN=Nc2ncc(-c3ccccc3)nn2)cc1. The van der Waals surface area contributed by atoms with Gasteiger partial charge in [0.1, 0.15) is 5.69 Å². The van der Waals surface area contributed by atoms with E-state index >= 15 is 0 Å². The third kappa shape index (κ3) is 3.54. The van der Waals surface area contributed by atoms with E-state index in [0.717, 1.165) is 16.8 Å². The molecule has 0 unspecified atom stereocenters. The highest BCUT2D eigenvalue weighted by atomic mass is 15.3. The van der Waals surface area contributed by atoms with Crippen molar-refractivity contribution in [2.45, 2.75) is 6.54 Å². The molecule has 0 amide bonds. The second kappa shape index (κ2) is 6.47. The van der Waals surface area contributed by atoms with Gasteiger partial charge in [-0.25, -0.2) is 4.98 Å².